The summed E-state index contributed by atoms with van der Waals surface area (Å²) in [7, 11) is 0. The summed E-state index contributed by atoms with van der Waals surface area (Å²) in [6.07, 6.45) is 5.41. The molecule has 6 rings (SSSR count). The van der Waals surface area contributed by atoms with Crippen LogP contribution in [0.2, 0.25) is 0 Å². The van der Waals surface area contributed by atoms with E-state index in [1.807, 2.05) is 6.92 Å². The first-order chi connectivity index (χ1) is 14.5. The van der Waals surface area contributed by atoms with E-state index < -0.39 is 0 Å². The normalized spacial score (nSPS) is 23.7. The van der Waals surface area contributed by atoms with Crippen LogP contribution in [0.25, 0.3) is 21.0 Å². The number of amides is 1. The summed E-state index contributed by atoms with van der Waals surface area (Å²) in [5, 5.41) is 8.84. The lowest BCUT2D eigenvalue weighted by molar-refractivity contribution is 0.0380. The number of thiophene rings is 1. The van der Waals surface area contributed by atoms with Crippen molar-refractivity contribution >= 4 is 49.7 Å². The average molecular weight is 421 g/mol. The van der Waals surface area contributed by atoms with E-state index in [9.17, 15) is 4.79 Å². The highest BCUT2D eigenvalue weighted by Crippen LogP contribution is 2.52. The standard InChI is InChI=1S/C24H28N4OS/c1-14-11-24(12-14)7-9-28(10-8-24)19-6-3-16-17(27-19)4-5-18-20(16)21-22(30-18)23(29)26-15(2)13-25-21/h3-6,14-15,25H,7-13H2,1-2H3,(H,26,29)/t15-/m1/s1. The molecule has 1 spiro atoms. The minimum absolute atomic E-state index is 0.0222. The fraction of sp³-hybridized carbons (Fsp3) is 0.500. The molecule has 30 heavy (non-hydrogen) atoms. The molecule has 1 saturated heterocycles. The Bertz CT molecular complexity index is 1150. The second kappa shape index (κ2) is 6.58. The molecule has 0 bridgehead atoms. The Hall–Kier alpha value is -2.34. The van der Waals surface area contributed by atoms with Gasteiger partial charge in [0.25, 0.3) is 5.91 Å². The van der Waals surface area contributed by atoms with Crippen LogP contribution in [0.5, 0.6) is 0 Å². The second-order valence-electron chi connectivity index (χ2n) is 9.74. The molecule has 0 unspecified atom stereocenters. The minimum Gasteiger partial charge on any atom is -0.381 e. The molecular weight excluding hydrogens is 392 g/mol. The van der Waals surface area contributed by atoms with Crippen molar-refractivity contribution in [1.29, 1.82) is 0 Å². The van der Waals surface area contributed by atoms with Gasteiger partial charge in [0.2, 0.25) is 0 Å². The van der Waals surface area contributed by atoms with Crippen LogP contribution in [0, 0.1) is 11.3 Å². The first kappa shape index (κ1) is 18.4. The largest absolute Gasteiger partial charge is 0.381 e. The van der Waals surface area contributed by atoms with Crippen molar-refractivity contribution in [1.82, 2.24) is 10.3 Å². The highest BCUT2D eigenvalue weighted by molar-refractivity contribution is 7.21. The number of nitrogens with zero attached hydrogens (tertiary/aromatic N) is 2. The first-order valence-electron chi connectivity index (χ1n) is 11.2. The molecule has 1 aromatic carbocycles. The maximum Gasteiger partial charge on any atom is 0.263 e. The zero-order valence-corrected chi connectivity index (χ0v) is 18.4. The lowest BCUT2D eigenvalue weighted by atomic mass is 9.58. The summed E-state index contributed by atoms with van der Waals surface area (Å²) in [4.78, 5) is 20.9. The van der Waals surface area contributed by atoms with Crippen LogP contribution < -0.4 is 15.5 Å². The molecule has 1 amide bonds. The summed E-state index contributed by atoms with van der Waals surface area (Å²) >= 11 is 1.57. The topological polar surface area (TPSA) is 57.3 Å². The number of carbonyl (C=O) groups excluding carboxylic acids is 1. The zero-order chi connectivity index (χ0) is 20.5. The molecule has 1 saturated carbocycles. The van der Waals surface area contributed by atoms with Gasteiger partial charge in [0.1, 0.15) is 10.7 Å². The van der Waals surface area contributed by atoms with E-state index in [0.717, 1.165) is 62.9 Å². The van der Waals surface area contributed by atoms with Crippen LogP contribution in [0.1, 0.15) is 49.2 Å². The van der Waals surface area contributed by atoms with Crippen molar-refractivity contribution in [2.24, 2.45) is 11.3 Å². The molecule has 3 aromatic rings. The minimum atomic E-state index is 0.0222. The molecule has 156 valence electrons. The molecule has 4 heterocycles. The summed E-state index contributed by atoms with van der Waals surface area (Å²) in [5.74, 6) is 2.02. The smallest absolute Gasteiger partial charge is 0.263 e. The summed E-state index contributed by atoms with van der Waals surface area (Å²) in [6.45, 7) is 7.37. The third-order valence-electron chi connectivity index (χ3n) is 7.39. The SMILES string of the molecule is CC1CC2(CCN(c3ccc4c(ccc5sc6c(c54)NC[C@@H](C)NC6=O)n3)CC2)C1. The van der Waals surface area contributed by atoms with Gasteiger partial charge in [-0.15, -0.1) is 11.3 Å². The van der Waals surface area contributed by atoms with Crippen LogP contribution in [0.15, 0.2) is 24.3 Å². The Labute approximate surface area is 180 Å². The molecule has 1 aliphatic carbocycles. The van der Waals surface area contributed by atoms with Crippen molar-refractivity contribution in [3.8, 4) is 0 Å². The van der Waals surface area contributed by atoms with Crippen molar-refractivity contribution in [3.63, 3.8) is 0 Å². The molecule has 1 atom stereocenters. The fourth-order valence-corrected chi connectivity index (χ4v) is 7.03. The third-order valence-corrected chi connectivity index (χ3v) is 8.54. The summed E-state index contributed by atoms with van der Waals surface area (Å²) in [6, 6.07) is 8.72. The Morgan fingerprint density at radius 1 is 1.13 bits per heavy atom. The van der Waals surface area contributed by atoms with Gasteiger partial charge in [0, 0.05) is 41.1 Å². The van der Waals surface area contributed by atoms with Crippen molar-refractivity contribution in [2.75, 3.05) is 29.9 Å². The molecule has 2 aliphatic heterocycles. The van der Waals surface area contributed by atoms with Crippen LogP contribution >= 0.6 is 11.3 Å². The molecule has 2 N–H and O–H groups in total. The number of fused-ring (bicyclic) bond motifs is 5. The van der Waals surface area contributed by atoms with Gasteiger partial charge in [-0.2, -0.15) is 0 Å². The van der Waals surface area contributed by atoms with E-state index >= 15 is 0 Å². The van der Waals surface area contributed by atoms with E-state index in [0.29, 0.717) is 5.41 Å². The van der Waals surface area contributed by atoms with Gasteiger partial charge in [-0.3, -0.25) is 4.79 Å². The summed E-state index contributed by atoms with van der Waals surface area (Å²) in [5.41, 5.74) is 2.60. The Morgan fingerprint density at radius 2 is 1.93 bits per heavy atom. The van der Waals surface area contributed by atoms with E-state index in [-0.39, 0.29) is 11.9 Å². The highest BCUT2D eigenvalue weighted by Gasteiger charge is 2.43. The molecule has 3 aliphatic rings. The average Bonchev–Trinajstić information content (AvgIpc) is 3.04. The lowest BCUT2D eigenvalue weighted by Crippen LogP contribution is -2.46. The van der Waals surface area contributed by atoms with Crippen LogP contribution in [-0.2, 0) is 0 Å². The van der Waals surface area contributed by atoms with Crippen molar-refractivity contribution in [3.05, 3.63) is 29.1 Å². The number of hydrogen-bond acceptors (Lipinski definition) is 5. The molecule has 0 radical (unpaired) electrons. The molecule has 5 nitrogen and oxygen atoms in total. The molecule has 2 fully saturated rings. The monoisotopic (exact) mass is 420 g/mol. The number of hydrogen-bond donors (Lipinski definition) is 2. The van der Waals surface area contributed by atoms with Crippen LogP contribution in [-0.4, -0.2) is 36.6 Å². The first-order valence-corrected chi connectivity index (χ1v) is 12.0. The highest BCUT2D eigenvalue weighted by atomic mass is 32.1. The number of anilines is 2. The van der Waals surface area contributed by atoms with E-state index in [4.69, 9.17) is 4.98 Å². The maximum atomic E-state index is 12.6. The van der Waals surface area contributed by atoms with Crippen LogP contribution in [0.4, 0.5) is 11.5 Å². The van der Waals surface area contributed by atoms with Gasteiger partial charge in [-0.25, -0.2) is 4.98 Å². The number of aromatic nitrogens is 1. The third kappa shape index (κ3) is 2.80. The van der Waals surface area contributed by atoms with E-state index in [1.165, 1.54) is 25.7 Å². The van der Waals surface area contributed by atoms with E-state index in [2.05, 4.69) is 46.7 Å². The predicted molar refractivity (Wildman–Crippen MR) is 125 cm³/mol. The number of rotatable bonds is 1. The van der Waals surface area contributed by atoms with Crippen molar-refractivity contribution < 1.29 is 4.79 Å². The number of pyridine rings is 1. The van der Waals surface area contributed by atoms with Gasteiger partial charge >= 0.3 is 0 Å². The Balaban J connectivity index is 1.36. The van der Waals surface area contributed by atoms with Gasteiger partial charge in [0.15, 0.2) is 0 Å². The van der Waals surface area contributed by atoms with Gasteiger partial charge in [-0.1, -0.05) is 6.92 Å². The molecular formula is C24H28N4OS. The Morgan fingerprint density at radius 3 is 2.70 bits per heavy atom. The number of benzene rings is 1. The maximum absolute atomic E-state index is 12.6. The van der Waals surface area contributed by atoms with Gasteiger partial charge < -0.3 is 15.5 Å². The number of carbonyl (C=O) groups is 1. The predicted octanol–water partition coefficient (Wildman–Crippen LogP) is 5.01. The van der Waals surface area contributed by atoms with Crippen molar-refractivity contribution in [2.45, 2.75) is 45.6 Å². The lowest BCUT2D eigenvalue weighted by Gasteiger charge is -2.51. The number of nitrogens with one attached hydrogen (secondary N) is 2. The Kier molecular flexibility index (Phi) is 4.04. The quantitative estimate of drug-likeness (QED) is 0.581. The van der Waals surface area contributed by atoms with E-state index in [1.54, 1.807) is 11.3 Å². The number of piperidine rings is 1. The van der Waals surface area contributed by atoms with Gasteiger partial charge in [0.05, 0.1) is 11.2 Å². The zero-order valence-electron chi connectivity index (χ0n) is 17.6. The summed E-state index contributed by atoms with van der Waals surface area (Å²) < 4.78 is 1.14. The molecule has 2 aromatic heterocycles. The van der Waals surface area contributed by atoms with Crippen LogP contribution in [0.3, 0.4) is 0 Å². The second-order valence-corrected chi connectivity index (χ2v) is 10.8. The molecule has 6 heteroatoms. The van der Waals surface area contributed by atoms with Gasteiger partial charge in [-0.05, 0) is 68.2 Å². The fourth-order valence-electron chi connectivity index (χ4n) is 5.93.